The summed E-state index contributed by atoms with van der Waals surface area (Å²) in [5, 5.41) is 12.9. The van der Waals surface area contributed by atoms with Crippen LogP contribution in [0.5, 0.6) is 0 Å². The first-order valence-electron chi connectivity index (χ1n) is 11.3. The second-order valence-corrected chi connectivity index (χ2v) is 9.30. The highest BCUT2D eigenvalue weighted by Gasteiger charge is 2.38. The van der Waals surface area contributed by atoms with E-state index in [4.69, 9.17) is 9.47 Å². The molecule has 0 aliphatic carbocycles. The molecule has 2 aromatic carbocycles. The predicted molar refractivity (Wildman–Crippen MR) is 130 cm³/mol. The lowest BCUT2D eigenvalue weighted by atomic mass is 9.91. The second-order valence-electron chi connectivity index (χ2n) is 8.32. The zero-order chi connectivity index (χ0) is 23.9. The molecule has 0 unspecified atom stereocenters. The molecule has 0 saturated carbocycles. The third-order valence-electron chi connectivity index (χ3n) is 5.84. The minimum atomic E-state index is -0.532. The predicted octanol–water partition coefficient (Wildman–Crippen LogP) is 4.19. The van der Waals surface area contributed by atoms with Gasteiger partial charge in [0.2, 0.25) is 5.91 Å². The molecule has 178 valence electrons. The summed E-state index contributed by atoms with van der Waals surface area (Å²) in [6.07, 6.45) is 2.68. The fourth-order valence-electron chi connectivity index (χ4n) is 3.85. The molecule has 4 rings (SSSR count). The maximum atomic E-state index is 11.2. The number of hydrogen-bond donors (Lipinski definition) is 2. The number of carbonyl (C=O) groups excluding carboxylic acids is 1. The van der Waals surface area contributed by atoms with Crippen LogP contribution in [0.3, 0.4) is 0 Å². The Hall–Kier alpha value is -2.78. The van der Waals surface area contributed by atoms with Crippen LogP contribution in [-0.4, -0.2) is 32.8 Å². The lowest BCUT2D eigenvalue weighted by Crippen LogP contribution is -2.38. The molecule has 1 amide bonds. The number of amides is 1. The highest BCUT2D eigenvalue weighted by Crippen LogP contribution is 2.42. The molecule has 2 N–H and O–H groups in total. The normalized spacial score (nSPS) is 22.3. The zero-order valence-electron chi connectivity index (χ0n) is 19.3. The summed E-state index contributed by atoms with van der Waals surface area (Å²) < 4.78 is 12.9. The largest absolute Gasteiger partial charge is 0.392 e. The van der Waals surface area contributed by atoms with E-state index < -0.39 is 6.29 Å². The first-order valence-corrected chi connectivity index (χ1v) is 12.3. The van der Waals surface area contributed by atoms with Crippen LogP contribution in [0.15, 0.2) is 72.1 Å². The van der Waals surface area contributed by atoms with Gasteiger partial charge in [0.15, 0.2) is 11.4 Å². The molecule has 0 spiro atoms. The van der Waals surface area contributed by atoms with Crippen LogP contribution in [0.1, 0.15) is 48.5 Å². The Morgan fingerprint density at radius 1 is 1.00 bits per heavy atom. The smallest absolute Gasteiger partial charge is 0.217 e. The van der Waals surface area contributed by atoms with Gasteiger partial charge in [-0.25, -0.2) is 9.97 Å². The van der Waals surface area contributed by atoms with E-state index in [1.165, 1.54) is 6.92 Å². The lowest BCUT2D eigenvalue weighted by Gasteiger charge is -2.41. The molecule has 3 aromatic rings. The molecule has 0 radical (unpaired) electrons. The third-order valence-corrected chi connectivity index (χ3v) is 6.80. The topological polar surface area (TPSA) is 93.6 Å². The molecule has 8 heteroatoms. The minimum Gasteiger partial charge on any atom is -0.392 e. The zero-order valence-corrected chi connectivity index (χ0v) is 20.1. The van der Waals surface area contributed by atoms with Crippen LogP contribution >= 0.6 is 11.8 Å². The van der Waals surface area contributed by atoms with Crippen LogP contribution in [0.25, 0.3) is 0 Å². The summed E-state index contributed by atoms with van der Waals surface area (Å²) >= 11 is 1.57. The van der Waals surface area contributed by atoms with Crippen LogP contribution in [0, 0.1) is 5.92 Å². The van der Waals surface area contributed by atoms with E-state index in [-0.39, 0.29) is 30.6 Å². The van der Waals surface area contributed by atoms with Crippen molar-refractivity contribution in [1.82, 2.24) is 15.3 Å². The maximum absolute atomic E-state index is 11.2. The molecular formula is C26H29N3O4S. The molecule has 7 nitrogen and oxygen atoms in total. The van der Waals surface area contributed by atoms with Crippen molar-refractivity contribution in [2.24, 2.45) is 5.92 Å². The van der Waals surface area contributed by atoms with Crippen LogP contribution < -0.4 is 5.32 Å². The summed E-state index contributed by atoms with van der Waals surface area (Å²) in [6.45, 7) is 4.13. The SMILES string of the molecule is CC(=O)NCc1ccc([C@@H]2O[C@H](CSc3ncccn3)[C@H](C)[C@H](c3ccc(CO)cc3)O2)cc1. The molecule has 2 heterocycles. The van der Waals surface area contributed by atoms with Crippen LogP contribution in [0.2, 0.25) is 0 Å². The molecule has 0 bridgehead atoms. The van der Waals surface area contributed by atoms with E-state index in [0.29, 0.717) is 17.5 Å². The molecule has 1 aliphatic rings. The molecule has 4 atom stereocenters. The fourth-order valence-corrected chi connectivity index (χ4v) is 4.81. The number of carbonyl (C=O) groups is 1. The van der Waals surface area contributed by atoms with E-state index in [9.17, 15) is 9.90 Å². The Labute approximate surface area is 203 Å². The van der Waals surface area contributed by atoms with Crippen LogP contribution in [0.4, 0.5) is 0 Å². The standard InChI is InChI=1S/C26H29N3O4S/c1-17-23(16-34-26-27-12-3-13-28-26)32-25(22-10-4-19(5-11-22)14-29-18(2)31)33-24(17)21-8-6-20(15-30)7-9-21/h3-13,17,23-25,30H,14-16H2,1-2H3,(H,29,31)/t17-,23+,24+,25+/m0/s1. The highest BCUT2D eigenvalue weighted by atomic mass is 32.2. The Kier molecular flexibility index (Phi) is 8.29. The van der Waals surface area contributed by atoms with Crippen molar-refractivity contribution < 1.29 is 19.4 Å². The highest BCUT2D eigenvalue weighted by molar-refractivity contribution is 7.99. The second kappa shape index (κ2) is 11.6. The number of thioether (sulfide) groups is 1. The first-order chi connectivity index (χ1) is 16.5. The van der Waals surface area contributed by atoms with Gasteiger partial charge in [-0.05, 0) is 22.8 Å². The number of aromatic nitrogens is 2. The number of hydrogen-bond acceptors (Lipinski definition) is 7. The Morgan fingerprint density at radius 3 is 2.29 bits per heavy atom. The number of ether oxygens (including phenoxy) is 2. The van der Waals surface area contributed by atoms with Crippen molar-refractivity contribution in [3.63, 3.8) is 0 Å². The van der Waals surface area contributed by atoms with Gasteiger partial charge in [-0.15, -0.1) is 0 Å². The van der Waals surface area contributed by atoms with E-state index >= 15 is 0 Å². The van der Waals surface area contributed by atoms with Gasteiger partial charge in [0.25, 0.3) is 0 Å². The van der Waals surface area contributed by atoms with Gasteiger partial charge in [-0.2, -0.15) is 0 Å². The monoisotopic (exact) mass is 479 g/mol. The lowest BCUT2D eigenvalue weighted by molar-refractivity contribution is -0.268. The number of aliphatic hydroxyl groups excluding tert-OH is 1. The summed E-state index contributed by atoms with van der Waals surface area (Å²) in [7, 11) is 0. The number of nitrogens with zero attached hydrogens (tertiary/aromatic N) is 2. The molecule has 1 aromatic heterocycles. The van der Waals surface area contributed by atoms with Gasteiger partial charge in [0.1, 0.15) is 0 Å². The first kappa shape index (κ1) is 24.3. The van der Waals surface area contributed by atoms with Crippen LogP contribution in [-0.2, 0) is 27.4 Å². The van der Waals surface area contributed by atoms with Gasteiger partial charge in [-0.3, -0.25) is 4.79 Å². The summed E-state index contributed by atoms with van der Waals surface area (Å²) in [4.78, 5) is 19.8. The van der Waals surface area contributed by atoms with Crippen molar-refractivity contribution in [3.8, 4) is 0 Å². The number of rotatable bonds is 8. The number of benzene rings is 2. The Morgan fingerprint density at radius 2 is 1.65 bits per heavy atom. The molecule has 1 aliphatic heterocycles. The average molecular weight is 480 g/mol. The molecule has 1 saturated heterocycles. The molecular weight excluding hydrogens is 450 g/mol. The van der Waals surface area contributed by atoms with Gasteiger partial charge < -0.3 is 19.9 Å². The molecule has 1 fully saturated rings. The maximum Gasteiger partial charge on any atom is 0.217 e. The summed E-state index contributed by atoms with van der Waals surface area (Å²) in [6, 6.07) is 17.6. The van der Waals surface area contributed by atoms with Crippen molar-refractivity contribution in [2.75, 3.05) is 5.75 Å². The summed E-state index contributed by atoms with van der Waals surface area (Å²) in [5.41, 5.74) is 3.84. The van der Waals surface area contributed by atoms with Gasteiger partial charge in [-0.1, -0.05) is 67.2 Å². The Bertz CT molecular complexity index is 1060. The third kappa shape index (κ3) is 6.21. The van der Waals surface area contributed by atoms with Crippen molar-refractivity contribution in [1.29, 1.82) is 0 Å². The average Bonchev–Trinajstić information content (AvgIpc) is 2.88. The van der Waals surface area contributed by atoms with E-state index in [1.54, 1.807) is 30.2 Å². The van der Waals surface area contributed by atoms with E-state index in [0.717, 1.165) is 22.3 Å². The fraction of sp³-hybridized carbons (Fsp3) is 0.346. The number of aliphatic hydroxyl groups is 1. The van der Waals surface area contributed by atoms with Crippen molar-refractivity contribution >= 4 is 17.7 Å². The minimum absolute atomic E-state index is 0.00820. The van der Waals surface area contributed by atoms with E-state index in [2.05, 4.69) is 22.2 Å². The molecule has 34 heavy (non-hydrogen) atoms. The quantitative estimate of drug-likeness (QED) is 0.370. The number of nitrogens with one attached hydrogen (secondary N) is 1. The van der Waals surface area contributed by atoms with Gasteiger partial charge in [0.05, 0.1) is 18.8 Å². The van der Waals surface area contributed by atoms with Gasteiger partial charge >= 0.3 is 0 Å². The Balaban J connectivity index is 1.54. The van der Waals surface area contributed by atoms with Gasteiger partial charge in [0, 0.05) is 43.1 Å². The van der Waals surface area contributed by atoms with Crippen molar-refractivity contribution in [3.05, 3.63) is 89.2 Å². The summed E-state index contributed by atoms with van der Waals surface area (Å²) in [5.74, 6) is 0.720. The van der Waals surface area contributed by atoms with Crippen molar-refractivity contribution in [2.45, 2.75) is 50.7 Å². The van der Waals surface area contributed by atoms with E-state index in [1.807, 2.05) is 48.5 Å².